The average Bonchev–Trinajstić information content (AvgIpc) is 3.11. The summed E-state index contributed by atoms with van der Waals surface area (Å²) in [5, 5.41) is 0. The largest absolute Gasteiger partial charge is 0.462 e. The fourth-order valence-corrected chi connectivity index (χ4v) is 6.75. The Morgan fingerprint density at radius 3 is 0.942 bits per heavy atom. The molecule has 52 heavy (non-hydrogen) atoms. The molecule has 6 heteroatoms. The Morgan fingerprint density at radius 1 is 0.365 bits per heavy atom. The number of hydrogen-bond acceptors (Lipinski definition) is 6. The van der Waals surface area contributed by atoms with Crippen LogP contribution in [0.5, 0.6) is 0 Å². The highest BCUT2D eigenvalue weighted by molar-refractivity contribution is 5.71. The SMILES string of the molecule is CCCCCCCCCC(=O)O[C@@H](COC(=O)CCCCCCCCCCCCCCCCCC(C)C)COC(=O)CCCCCCCCC(C)C. The predicted octanol–water partition coefficient (Wildman–Crippen LogP) is 14.2. The molecule has 0 aromatic heterocycles. The van der Waals surface area contributed by atoms with E-state index in [1.807, 2.05) is 0 Å². The van der Waals surface area contributed by atoms with E-state index in [9.17, 15) is 14.4 Å². The highest BCUT2D eigenvalue weighted by atomic mass is 16.6. The first-order valence-corrected chi connectivity index (χ1v) is 22.7. The summed E-state index contributed by atoms with van der Waals surface area (Å²) in [5.74, 6) is 0.744. The molecule has 1 atom stereocenters. The van der Waals surface area contributed by atoms with E-state index in [0.29, 0.717) is 19.3 Å². The van der Waals surface area contributed by atoms with E-state index in [4.69, 9.17) is 14.2 Å². The first-order valence-electron chi connectivity index (χ1n) is 22.7. The maximum Gasteiger partial charge on any atom is 0.306 e. The van der Waals surface area contributed by atoms with Gasteiger partial charge in [-0.2, -0.15) is 0 Å². The standard InChI is InChI=1S/C46H88O6/c1-6-7-8-9-19-28-33-38-46(49)52-43(40-51-45(48)37-32-27-23-22-25-30-35-42(4)5)39-50-44(47)36-31-26-21-18-16-14-12-10-11-13-15-17-20-24-29-34-41(2)3/h41-43H,6-40H2,1-5H3/t43-/m0/s1. The van der Waals surface area contributed by atoms with Crippen molar-refractivity contribution in [3.05, 3.63) is 0 Å². The average molecular weight is 737 g/mol. The molecule has 0 aliphatic heterocycles. The van der Waals surface area contributed by atoms with Gasteiger partial charge in [-0.05, 0) is 31.1 Å². The third-order valence-electron chi connectivity index (χ3n) is 10.2. The van der Waals surface area contributed by atoms with E-state index in [1.54, 1.807) is 0 Å². The highest BCUT2D eigenvalue weighted by Crippen LogP contribution is 2.16. The molecule has 0 heterocycles. The molecular weight excluding hydrogens is 649 g/mol. The van der Waals surface area contributed by atoms with E-state index < -0.39 is 6.10 Å². The van der Waals surface area contributed by atoms with Gasteiger partial charge in [0.05, 0.1) is 0 Å². The number of carbonyl (C=O) groups is 3. The smallest absolute Gasteiger partial charge is 0.306 e. The first-order chi connectivity index (χ1) is 25.2. The van der Waals surface area contributed by atoms with Gasteiger partial charge in [0.2, 0.25) is 0 Å². The van der Waals surface area contributed by atoms with Gasteiger partial charge in [-0.25, -0.2) is 0 Å². The number of unbranched alkanes of at least 4 members (excludes halogenated alkanes) is 25. The molecule has 0 rings (SSSR count). The van der Waals surface area contributed by atoms with E-state index in [1.165, 1.54) is 135 Å². The lowest BCUT2D eigenvalue weighted by atomic mass is 10.0. The number of carbonyl (C=O) groups excluding carboxylic acids is 3. The van der Waals surface area contributed by atoms with Crippen LogP contribution in [0.15, 0.2) is 0 Å². The van der Waals surface area contributed by atoms with Gasteiger partial charge in [-0.3, -0.25) is 14.4 Å². The lowest BCUT2D eigenvalue weighted by Gasteiger charge is -2.18. The molecule has 0 bridgehead atoms. The van der Waals surface area contributed by atoms with Crippen molar-refractivity contribution in [2.24, 2.45) is 11.8 Å². The van der Waals surface area contributed by atoms with Crippen molar-refractivity contribution in [3.8, 4) is 0 Å². The van der Waals surface area contributed by atoms with Crippen molar-refractivity contribution in [1.29, 1.82) is 0 Å². The minimum Gasteiger partial charge on any atom is -0.462 e. The molecule has 0 spiro atoms. The Hall–Kier alpha value is -1.59. The van der Waals surface area contributed by atoms with Crippen molar-refractivity contribution in [3.63, 3.8) is 0 Å². The fraction of sp³-hybridized carbons (Fsp3) is 0.935. The Labute approximate surface area is 323 Å². The van der Waals surface area contributed by atoms with Crippen LogP contribution >= 0.6 is 0 Å². The second-order valence-electron chi connectivity index (χ2n) is 16.6. The van der Waals surface area contributed by atoms with Gasteiger partial charge in [-0.1, -0.05) is 208 Å². The maximum absolute atomic E-state index is 12.6. The zero-order valence-corrected chi connectivity index (χ0v) is 35.4. The topological polar surface area (TPSA) is 78.9 Å². The summed E-state index contributed by atoms with van der Waals surface area (Å²) in [4.78, 5) is 37.5. The number of rotatable bonds is 40. The Balaban J connectivity index is 4.16. The van der Waals surface area contributed by atoms with Crippen LogP contribution in [-0.2, 0) is 28.6 Å². The Bertz CT molecular complexity index is 794. The zero-order chi connectivity index (χ0) is 38.3. The van der Waals surface area contributed by atoms with Gasteiger partial charge >= 0.3 is 17.9 Å². The van der Waals surface area contributed by atoms with E-state index in [2.05, 4.69) is 34.6 Å². The van der Waals surface area contributed by atoms with Crippen LogP contribution < -0.4 is 0 Å². The predicted molar refractivity (Wildman–Crippen MR) is 220 cm³/mol. The summed E-state index contributed by atoms with van der Waals surface area (Å²) in [7, 11) is 0. The lowest BCUT2D eigenvalue weighted by Crippen LogP contribution is -2.30. The molecule has 0 aliphatic rings. The van der Waals surface area contributed by atoms with Gasteiger partial charge in [0, 0.05) is 19.3 Å². The van der Waals surface area contributed by atoms with Crippen molar-refractivity contribution in [2.45, 2.75) is 253 Å². The molecule has 0 unspecified atom stereocenters. The molecule has 0 aliphatic carbocycles. The monoisotopic (exact) mass is 737 g/mol. The normalized spacial score (nSPS) is 12.1. The summed E-state index contributed by atoms with van der Waals surface area (Å²) < 4.78 is 16.6. The summed E-state index contributed by atoms with van der Waals surface area (Å²) in [6, 6.07) is 0. The van der Waals surface area contributed by atoms with Gasteiger partial charge in [0.15, 0.2) is 6.10 Å². The summed E-state index contributed by atoms with van der Waals surface area (Å²) >= 11 is 0. The minimum absolute atomic E-state index is 0.0659. The van der Waals surface area contributed by atoms with Crippen LogP contribution in [0, 0.1) is 11.8 Å². The van der Waals surface area contributed by atoms with Gasteiger partial charge in [0.1, 0.15) is 13.2 Å². The number of hydrogen-bond donors (Lipinski definition) is 0. The Morgan fingerprint density at radius 2 is 0.635 bits per heavy atom. The molecule has 0 aromatic carbocycles. The molecule has 0 fully saturated rings. The third-order valence-corrected chi connectivity index (χ3v) is 10.2. The molecule has 0 N–H and O–H groups in total. The molecule has 0 amide bonds. The van der Waals surface area contributed by atoms with Crippen LogP contribution in [0.4, 0.5) is 0 Å². The molecule has 308 valence electrons. The van der Waals surface area contributed by atoms with Crippen molar-refractivity contribution in [1.82, 2.24) is 0 Å². The van der Waals surface area contributed by atoms with Crippen molar-refractivity contribution in [2.75, 3.05) is 13.2 Å². The zero-order valence-electron chi connectivity index (χ0n) is 35.4. The number of esters is 3. The molecule has 0 aromatic rings. The third kappa shape index (κ3) is 39.6. The number of ether oxygens (including phenoxy) is 3. The summed E-state index contributed by atoms with van der Waals surface area (Å²) in [5.41, 5.74) is 0. The van der Waals surface area contributed by atoms with Crippen molar-refractivity contribution < 1.29 is 28.6 Å². The lowest BCUT2D eigenvalue weighted by molar-refractivity contribution is -0.167. The van der Waals surface area contributed by atoms with E-state index in [-0.39, 0.29) is 31.1 Å². The minimum atomic E-state index is -0.759. The molecule has 0 saturated carbocycles. The van der Waals surface area contributed by atoms with Crippen LogP contribution in [0.3, 0.4) is 0 Å². The van der Waals surface area contributed by atoms with Crippen LogP contribution in [0.25, 0.3) is 0 Å². The molecule has 0 radical (unpaired) electrons. The van der Waals surface area contributed by atoms with Gasteiger partial charge < -0.3 is 14.2 Å². The van der Waals surface area contributed by atoms with Gasteiger partial charge in [0.25, 0.3) is 0 Å². The Kier molecular flexibility index (Phi) is 37.9. The van der Waals surface area contributed by atoms with E-state index in [0.717, 1.165) is 69.6 Å². The van der Waals surface area contributed by atoms with Gasteiger partial charge in [-0.15, -0.1) is 0 Å². The van der Waals surface area contributed by atoms with Crippen LogP contribution in [0.2, 0.25) is 0 Å². The molecule has 0 saturated heterocycles. The quantitative estimate of drug-likeness (QED) is 0.0354. The van der Waals surface area contributed by atoms with E-state index >= 15 is 0 Å². The molecule has 6 nitrogen and oxygen atoms in total. The highest BCUT2D eigenvalue weighted by Gasteiger charge is 2.19. The summed E-state index contributed by atoms with van der Waals surface area (Å²) in [6.07, 6.45) is 36.9. The summed E-state index contributed by atoms with van der Waals surface area (Å²) in [6.45, 7) is 11.2. The second kappa shape index (κ2) is 39.1. The van der Waals surface area contributed by atoms with Crippen LogP contribution in [-0.4, -0.2) is 37.2 Å². The van der Waals surface area contributed by atoms with Crippen LogP contribution in [0.1, 0.15) is 247 Å². The van der Waals surface area contributed by atoms with Crippen molar-refractivity contribution >= 4 is 17.9 Å². The molecular formula is C46H88O6. The maximum atomic E-state index is 12.6. The second-order valence-corrected chi connectivity index (χ2v) is 16.6. The fourth-order valence-electron chi connectivity index (χ4n) is 6.75. The first kappa shape index (κ1) is 50.4.